The van der Waals surface area contributed by atoms with E-state index in [-0.39, 0.29) is 24.2 Å². The number of aryl methyl sites for hydroxylation is 2. The summed E-state index contributed by atoms with van der Waals surface area (Å²) in [4.78, 5) is 25.3. The van der Waals surface area contributed by atoms with Crippen LogP contribution in [0.3, 0.4) is 0 Å². The molecule has 0 radical (unpaired) electrons. The zero-order valence-electron chi connectivity index (χ0n) is 15.8. The third-order valence-corrected chi connectivity index (χ3v) is 5.44. The maximum Gasteiger partial charge on any atom is 0.243 e. The molecule has 27 heavy (non-hydrogen) atoms. The van der Waals surface area contributed by atoms with Gasteiger partial charge in [0.15, 0.2) is 0 Å². The number of carbonyl (C=O) groups excluding carboxylic acids is 2. The molecule has 142 valence electrons. The summed E-state index contributed by atoms with van der Waals surface area (Å²) >= 11 is 0. The van der Waals surface area contributed by atoms with E-state index in [1.165, 1.54) is 12.1 Å². The number of nitrogens with one attached hydrogen (secondary N) is 2. The highest BCUT2D eigenvalue weighted by Crippen LogP contribution is 2.41. The highest BCUT2D eigenvalue weighted by Gasteiger charge is 2.42. The van der Waals surface area contributed by atoms with E-state index in [1.54, 1.807) is 12.1 Å². The van der Waals surface area contributed by atoms with E-state index in [4.69, 9.17) is 0 Å². The molecule has 2 aromatic carbocycles. The molecule has 1 aliphatic carbocycles. The molecule has 0 aromatic heterocycles. The van der Waals surface area contributed by atoms with Crippen LogP contribution in [0.4, 0.5) is 10.1 Å². The molecule has 0 atom stereocenters. The highest BCUT2D eigenvalue weighted by atomic mass is 19.1. The Balaban J connectivity index is 1.68. The number of rotatable bonds is 5. The van der Waals surface area contributed by atoms with Crippen LogP contribution < -0.4 is 10.6 Å². The van der Waals surface area contributed by atoms with Crippen molar-refractivity contribution in [2.45, 2.75) is 44.9 Å². The minimum Gasteiger partial charge on any atom is -0.346 e. The van der Waals surface area contributed by atoms with Gasteiger partial charge in [-0.05, 0) is 55.5 Å². The topological polar surface area (TPSA) is 58.2 Å². The van der Waals surface area contributed by atoms with Gasteiger partial charge in [-0.1, -0.05) is 43.2 Å². The first kappa shape index (κ1) is 19.1. The van der Waals surface area contributed by atoms with Gasteiger partial charge in [-0.25, -0.2) is 4.39 Å². The maximum absolute atomic E-state index is 13.3. The smallest absolute Gasteiger partial charge is 0.243 e. The van der Waals surface area contributed by atoms with Crippen molar-refractivity contribution in [2.24, 2.45) is 0 Å². The van der Waals surface area contributed by atoms with Gasteiger partial charge < -0.3 is 10.6 Å². The second-order valence-electron chi connectivity index (χ2n) is 7.29. The number of halogens is 1. The van der Waals surface area contributed by atoms with Gasteiger partial charge in [0.1, 0.15) is 5.82 Å². The Kier molecular flexibility index (Phi) is 5.59. The summed E-state index contributed by atoms with van der Waals surface area (Å²) in [6.07, 6.45) is 3.31. The van der Waals surface area contributed by atoms with Crippen molar-refractivity contribution in [3.05, 3.63) is 65.0 Å². The number of para-hydroxylation sites is 1. The third kappa shape index (κ3) is 4.02. The van der Waals surface area contributed by atoms with Crippen molar-refractivity contribution in [2.75, 3.05) is 11.9 Å². The quantitative estimate of drug-likeness (QED) is 0.838. The van der Waals surface area contributed by atoms with Crippen LogP contribution in [0.5, 0.6) is 0 Å². The maximum atomic E-state index is 13.3. The lowest BCUT2D eigenvalue weighted by atomic mass is 9.78. The monoisotopic (exact) mass is 368 g/mol. The van der Waals surface area contributed by atoms with E-state index in [0.717, 1.165) is 35.2 Å². The van der Waals surface area contributed by atoms with Gasteiger partial charge in [-0.2, -0.15) is 0 Å². The largest absolute Gasteiger partial charge is 0.346 e. The molecule has 2 N–H and O–H groups in total. The highest BCUT2D eigenvalue weighted by molar-refractivity contribution is 5.97. The van der Waals surface area contributed by atoms with Crippen molar-refractivity contribution in [3.8, 4) is 0 Å². The lowest BCUT2D eigenvalue weighted by molar-refractivity contribution is -0.128. The first-order chi connectivity index (χ1) is 12.9. The Hall–Kier alpha value is -2.69. The first-order valence-corrected chi connectivity index (χ1v) is 9.33. The van der Waals surface area contributed by atoms with Crippen molar-refractivity contribution < 1.29 is 14.0 Å². The van der Waals surface area contributed by atoms with Crippen molar-refractivity contribution in [1.29, 1.82) is 0 Å². The lowest BCUT2D eigenvalue weighted by Gasteiger charge is -2.28. The molecule has 2 aromatic rings. The summed E-state index contributed by atoms with van der Waals surface area (Å²) in [7, 11) is 0. The van der Waals surface area contributed by atoms with Crippen LogP contribution in [-0.2, 0) is 15.0 Å². The van der Waals surface area contributed by atoms with Gasteiger partial charge in [0.05, 0.1) is 12.0 Å². The van der Waals surface area contributed by atoms with E-state index >= 15 is 0 Å². The Morgan fingerprint density at radius 3 is 2.19 bits per heavy atom. The van der Waals surface area contributed by atoms with Gasteiger partial charge in [-0.15, -0.1) is 0 Å². The zero-order valence-corrected chi connectivity index (χ0v) is 15.8. The summed E-state index contributed by atoms with van der Waals surface area (Å²) in [5, 5.41) is 5.67. The molecule has 4 nitrogen and oxygen atoms in total. The Morgan fingerprint density at radius 2 is 1.59 bits per heavy atom. The number of hydrogen-bond acceptors (Lipinski definition) is 2. The Morgan fingerprint density at radius 1 is 1.00 bits per heavy atom. The van der Waals surface area contributed by atoms with Crippen LogP contribution in [0, 0.1) is 19.7 Å². The molecule has 2 amide bonds. The van der Waals surface area contributed by atoms with Crippen LogP contribution >= 0.6 is 0 Å². The predicted octanol–water partition coefficient (Wildman–Crippen LogP) is 4.01. The van der Waals surface area contributed by atoms with Crippen LogP contribution in [0.25, 0.3) is 0 Å². The molecule has 0 spiro atoms. The summed E-state index contributed by atoms with van der Waals surface area (Å²) in [6, 6.07) is 11.9. The number of benzene rings is 2. The molecule has 1 fully saturated rings. The second-order valence-corrected chi connectivity index (χ2v) is 7.29. The fourth-order valence-corrected chi connectivity index (χ4v) is 3.92. The van der Waals surface area contributed by atoms with Gasteiger partial charge >= 0.3 is 0 Å². The second kappa shape index (κ2) is 7.91. The van der Waals surface area contributed by atoms with Crippen LogP contribution in [0.15, 0.2) is 42.5 Å². The van der Waals surface area contributed by atoms with Gasteiger partial charge in [-0.3, -0.25) is 9.59 Å². The fourth-order valence-electron chi connectivity index (χ4n) is 3.92. The standard InChI is InChI=1S/C22H25FN2O2/c1-15-6-5-7-16(2)20(15)25-19(26)14-24-21(27)22(12-3-4-13-22)17-8-10-18(23)11-9-17/h5-11H,3-4,12-14H2,1-2H3,(H,24,27)(H,25,26). The van der Waals surface area contributed by atoms with Crippen molar-refractivity contribution in [1.82, 2.24) is 5.32 Å². The van der Waals surface area contributed by atoms with Crippen LogP contribution in [-0.4, -0.2) is 18.4 Å². The van der Waals surface area contributed by atoms with Crippen molar-refractivity contribution in [3.63, 3.8) is 0 Å². The molecular formula is C22H25FN2O2. The number of anilines is 1. The molecule has 1 aliphatic rings. The van der Waals surface area contributed by atoms with Gasteiger partial charge in [0.2, 0.25) is 11.8 Å². The zero-order chi connectivity index (χ0) is 19.4. The Bertz CT molecular complexity index is 820. The summed E-state index contributed by atoms with van der Waals surface area (Å²) < 4.78 is 13.3. The molecule has 0 unspecified atom stereocenters. The van der Waals surface area contributed by atoms with Gasteiger partial charge in [0, 0.05) is 5.69 Å². The van der Waals surface area contributed by atoms with E-state index in [1.807, 2.05) is 32.0 Å². The van der Waals surface area contributed by atoms with Crippen molar-refractivity contribution >= 4 is 17.5 Å². The summed E-state index contributed by atoms with van der Waals surface area (Å²) in [5.74, 6) is -0.739. The molecule has 3 rings (SSSR count). The predicted molar refractivity (Wildman–Crippen MR) is 104 cm³/mol. The van der Waals surface area contributed by atoms with Crippen LogP contribution in [0.1, 0.15) is 42.4 Å². The molecular weight excluding hydrogens is 343 g/mol. The Labute approximate surface area is 159 Å². The summed E-state index contributed by atoms with van der Waals surface area (Å²) in [5.41, 5.74) is 2.88. The fraction of sp³-hybridized carbons (Fsp3) is 0.364. The normalized spacial score (nSPS) is 15.4. The number of amides is 2. The van der Waals surface area contributed by atoms with Gasteiger partial charge in [0.25, 0.3) is 0 Å². The van der Waals surface area contributed by atoms with E-state index < -0.39 is 5.41 Å². The molecule has 0 saturated heterocycles. The minimum atomic E-state index is -0.674. The molecule has 0 bridgehead atoms. The molecule has 5 heteroatoms. The first-order valence-electron chi connectivity index (χ1n) is 9.33. The average molecular weight is 368 g/mol. The van der Waals surface area contributed by atoms with E-state index in [2.05, 4.69) is 10.6 Å². The van der Waals surface area contributed by atoms with Crippen LogP contribution in [0.2, 0.25) is 0 Å². The summed E-state index contributed by atoms with van der Waals surface area (Å²) in [6.45, 7) is 3.78. The number of hydrogen-bond donors (Lipinski definition) is 2. The van der Waals surface area contributed by atoms with E-state index in [0.29, 0.717) is 12.8 Å². The lowest BCUT2D eigenvalue weighted by Crippen LogP contribution is -2.45. The average Bonchev–Trinajstić information content (AvgIpc) is 3.14. The third-order valence-electron chi connectivity index (χ3n) is 5.44. The van der Waals surface area contributed by atoms with E-state index in [9.17, 15) is 14.0 Å². The SMILES string of the molecule is Cc1cccc(C)c1NC(=O)CNC(=O)C1(c2ccc(F)cc2)CCCC1. The molecule has 0 aliphatic heterocycles. The molecule has 0 heterocycles. The number of carbonyl (C=O) groups is 2. The minimum absolute atomic E-state index is 0.0877. The molecule has 1 saturated carbocycles.